The highest BCUT2D eigenvalue weighted by atomic mass is 32.2. The zero-order chi connectivity index (χ0) is 19.6. The van der Waals surface area contributed by atoms with E-state index in [4.69, 9.17) is 4.74 Å². The fourth-order valence-electron chi connectivity index (χ4n) is 2.55. The lowest BCUT2D eigenvalue weighted by atomic mass is 10.1. The molecule has 0 N–H and O–H groups in total. The third-order valence-electron chi connectivity index (χ3n) is 4.12. The average molecular weight is 386 g/mol. The molecule has 8 heteroatoms. The number of carbonyl (C=O) groups excluding carboxylic acids is 1. The van der Waals surface area contributed by atoms with E-state index in [1.807, 2.05) is 6.92 Å². The molecule has 7 nitrogen and oxygen atoms in total. The van der Waals surface area contributed by atoms with E-state index in [9.17, 15) is 18.0 Å². The molecule has 0 bridgehead atoms. The molecule has 0 aliphatic rings. The highest BCUT2D eigenvalue weighted by Gasteiger charge is 2.21. The van der Waals surface area contributed by atoms with Gasteiger partial charge in [-0.1, -0.05) is 17.7 Å². The number of imidazole rings is 1. The predicted octanol–water partition coefficient (Wildman–Crippen LogP) is 2.09. The van der Waals surface area contributed by atoms with Crippen LogP contribution in [-0.4, -0.2) is 29.9 Å². The second-order valence-corrected chi connectivity index (χ2v) is 7.79. The van der Waals surface area contributed by atoms with Gasteiger partial charge in [0.25, 0.3) is 10.0 Å². The van der Waals surface area contributed by atoms with Gasteiger partial charge < -0.3 is 4.74 Å². The van der Waals surface area contributed by atoms with Gasteiger partial charge in [-0.25, -0.2) is 13.2 Å². The Morgan fingerprint density at radius 2 is 1.63 bits per heavy atom. The van der Waals surface area contributed by atoms with Gasteiger partial charge >= 0.3 is 5.69 Å². The van der Waals surface area contributed by atoms with E-state index in [2.05, 4.69) is 0 Å². The molecule has 3 aromatic rings. The average Bonchev–Trinajstić information content (AvgIpc) is 3.03. The second-order valence-electron chi connectivity index (χ2n) is 5.97. The minimum Gasteiger partial charge on any atom is -0.497 e. The summed E-state index contributed by atoms with van der Waals surface area (Å²) in [7, 11) is -2.50. The van der Waals surface area contributed by atoms with E-state index in [1.54, 1.807) is 36.4 Å². The van der Waals surface area contributed by atoms with Crippen molar-refractivity contribution < 1.29 is 17.9 Å². The summed E-state index contributed by atoms with van der Waals surface area (Å²) in [5, 5.41) is 0. The molecule has 0 unspecified atom stereocenters. The van der Waals surface area contributed by atoms with Gasteiger partial charge in [0.1, 0.15) is 5.75 Å². The van der Waals surface area contributed by atoms with Gasteiger partial charge in [0.2, 0.25) is 0 Å². The van der Waals surface area contributed by atoms with Crippen LogP contribution in [-0.2, 0) is 16.6 Å². The quantitative estimate of drug-likeness (QED) is 0.606. The van der Waals surface area contributed by atoms with Crippen LogP contribution in [0.15, 0.2) is 70.6 Å². The molecule has 1 aromatic heterocycles. The molecule has 0 fully saturated rings. The molecule has 0 saturated heterocycles. The molecule has 140 valence electrons. The van der Waals surface area contributed by atoms with Gasteiger partial charge in [0.05, 0.1) is 18.6 Å². The highest BCUT2D eigenvalue weighted by Crippen LogP contribution is 2.14. The Labute approximate surface area is 156 Å². The van der Waals surface area contributed by atoms with Crippen LogP contribution in [0.4, 0.5) is 0 Å². The van der Waals surface area contributed by atoms with Crippen molar-refractivity contribution in [2.75, 3.05) is 7.11 Å². The van der Waals surface area contributed by atoms with E-state index in [0.717, 1.165) is 16.3 Å². The molecule has 0 atom stereocenters. The summed E-state index contributed by atoms with van der Waals surface area (Å²) < 4.78 is 32.1. The standard InChI is InChI=1S/C19H18N2O5S/c1-14-3-9-17(10-4-14)27(24,25)21-12-11-20(19(21)23)13-18(22)15-5-7-16(26-2)8-6-15/h3-12H,13H2,1-2H3. The van der Waals surface area contributed by atoms with Crippen LogP contribution in [0.2, 0.25) is 0 Å². The Kier molecular flexibility index (Phi) is 5.00. The first-order chi connectivity index (χ1) is 12.8. The number of hydrogen-bond acceptors (Lipinski definition) is 5. The summed E-state index contributed by atoms with van der Waals surface area (Å²) in [6, 6.07) is 12.7. The number of ketones is 1. The van der Waals surface area contributed by atoms with Crippen molar-refractivity contribution in [2.24, 2.45) is 0 Å². The van der Waals surface area contributed by atoms with Crippen molar-refractivity contribution in [2.45, 2.75) is 18.4 Å². The topological polar surface area (TPSA) is 87.4 Å². The molecular weight excluding hydrogens is 368 g/mol. The molecule has 27 heavy (non-hydrogen) atoms. The van der Waals surface area contributed by atoms with Crippen LogP contribution in [0, 0.1) is 6.92 Å². The number of carbonyl (C=O) groups is 1. The number of aryl methyl sites for hydroxylation is 1. The Morgan fingerprint density at radius 1 is 1.00 bits per heavy atom. The minimum atomic E-state index is -4.02. The molecule has 0 aliphatic heterocycles. The SMILES string of the molecule is COc1ccc(C(=O)Cn2ccn(S(=O)(=O)c3ccc(C)cc3)c2=O)cc1. The third kappa shape index (κ3) is 3.70. The first-order valence-corrected chi connectivity index (χ1v) is 9.54. The predicted molar refractivity (Wildman–Crippen MR) is 99.8 cm³/mol. The maximum Gasteiger partial charge on any atom is 0.342 e. The van der Waals surface area contributed by atoms with Crippen molar-refractivity contribution in [3.63, 3.8) is 0 Å². The number of hydrogen-bond donors (Lipinski definition) is 0. The summed E-state index contributed by atoms with van der Waals surface area (Å²) >= 11 is 0. The smallest absolute Gasteiger partial charge is 0.342 e. The summed E-state index contributed by atoms with van der Waals surface area (Å²) in [5.41, 5.74) is 0.512. The largest absolute Gasteiger partial charge is 0.497 e. The number of Topliss-reactive ketones (excluding diaryl/α,β-unsaturated/α-hetero) is 1. The van der Waals surface area contributed by atoms with E-state index in [-0.39, 0.29) is 17.2 Å². The van der Waals surface area contributed by atoms with Gasteiger partial charge in [0, 0.05) is 18.0 Å². The number of benzene rings is 2. The number of methoxy groups -OCH3 is 1. The molecule has 3 rings (SSSR count). The van der Waals surface area contributed by atoms with Crippen molar-refractivity contribution in [1.82, 2.24) is 8.54 Å². The van der Waals surface area contributed by atoms with E-state index in [0.29, 0.717) is 15.3 Å². The maximum atomic E-state index is 12.7. The summed E-state index contributed by atoms with van der Waals surface area (Å²) in [6.07, 6.45) is 2.44. The number of nitrogens with zero attached hydrogens (tertiary/aromatic N) is 2. The molecule has 1 heterocycles. The first kappa shape index (κ1) is 18.7. The van der Waals surface area contributed by atoms with Crippen molar-refractivity contribution >= 4 is 15.8 Å². The fraction of sp³-hybridized carbons (Fsp3) is 0.158. The third-order valence-corrected chi connectivity index (χ3v) is 5.78. The number of ether oxygens (including phenoxy) is 1. The normalized spacial score (nSPS) is 11.3. The van der Waals surface area contributed by atoms with Crippen LogP contribution in [0.3, 0.4) is 0 Å². The first-order valence-electron chi connectivity index (χ1n) is 8.10. The number of rotatable bonds is 6. The summed E-state index contributed by atoms with van der Waals surface area (Å²) in [5.74, 6) is 0.296. The zero-order valence-corrected chi connectivity index (χ0v) is 15.6. The van der Waals surface area contributed by atoms with Crippen molar-refractivity contribution in [3.05, 3.63) is 82.5 Å². The molecule has 0 spiro atoms. The molecule has 2 aromatic carbocycles. The van der Waals surface area contributed by atoms with Crippen LogP contribution in [0.1, 0.15) is 15.9 Å². The summed E-state index contributed by atoms with van der Waals surface area (Å²) in [4.78, 5) is 24.9. The van der Waals surface area contributed by atoms with Gasteiger partial charge in [-0.05, 0) is 43.3 Å². The van der Waals surface area contributed by atoms with Gasteiger partial charge in [0.15, 0.2) is 5.78 Å². The Morgan fingerprint density at radius 3 is 2.22 bits per heavy atom. The second kappa shape index (κ2) is 7.24. The Hall–Kier alpha value is -3.13. The maximum absolute atomic E-state index is 12.7. The molecule has 0 saturated carbocycles. The van der Waals surface area contributed by atoms with Crippen LogP contribution >= 0.6 is 0 Å². The fourth-order valence-corrected chi connectivity index (χ4v) is 3.78. The van der Waals surface area contributed by atoms with E-state index in [1.165, 1.54) is 25.4 Å². The lowest BCUT2D eigenvalue weighted by Gasteiger charge is -2.05. The molecule has 0 aliphatic carbocycles. The van der Waals surface area contributed by atoms with Gasteiger partial charge in [-0.3, -0.25) is 9.36 Å². The zero-order valence-electron chi connectivity index (χ0n) is 14.8. The molecule has 0 radical (unpaired) electrons. The van der Waals surface area contributed by atoms with E-state index >= 15 is 0 Å². The van der Waals surface area contributed by atoms with Crippen LogP contribution in [0.5, 0.6) is 5.75 Å². The van der Waals surface area contributed by atoms with Crippen molar-refractivity contribution in [1.29, 1.82) is 0 Å². The Balaban J connectivity index is 1.87. The summed E-state index contributed by atoms with van der Waals surface area (Å²) in [6.45, 7) is 1.57. The van der Waals surface area contributed by atoms with Crippen molar-refractivity contribution in [3.8, 4) is 5.75 Å². The lowest BCUT2D eigenvalue weighted by molar-refractivity contribution is 0.0971. The minimum absolute atomic E-state index is 0.00873. The number of aromatic nitrogens is 2. The molecular formula is C19H18N2O5S. The van der Waals surface area contributed by atoms with Gasteiger partial charge in [-0.15, -0.1) is 0 Å². The Bertz CT molecular complexity index is 1120. The highest BCUT2D eigenvalue weighted by molar-refractivity contribution is 7.90. The lowest BCUT2D eigenvalue weighted by Crippen LogP contribution is -2.30. The van der Waals surface area contributed by atoms with Crippen LogP contribution in [0.25, 0.3) is 0 Å². The van der Waals surface area contributed by atoms with Crippen LogP contribution < -0.4 is 10.4 Å². The van der Waals surface area contributed by atoms with E-state index < -0.39 is 15.7 Å². The monoisotopic (exact) mass is 386 g/mol. The van der Waals surface area contributed by atoms with Gasteiger partial charge in [-0.2, -0.15) is 3.97 Å². The molecule has 0 amide bonds.